The molecule has 0 aromatic heterocycles. The van der Waals surface area contributed by atoms with Crippen molar-refractivity contribution in [3.05, 3.63) is 68.9 Å². The second-order valence-electron chi connectivity index (χ2n) is 4.72. The number of hydrazine groups is 1. The van der Waals surface area contributed by atoms with Gasteiger partial charge in [-0.25, -0.2) is 9.82 Å². The summed E-state index contributed by atoms with van der Waals surface area (Å²) < 4.78 is 14.2. The summed E-state index contributed by atoms with van der Waals surface area (Å²) in [6, 6.07) is 10.8. The second-order valence-corrected chi connectivity index (χ2v) is 5.64. The second kappa shape index (κ2) is 5.82. The van der Waals surface area contributed by atoms with Crippen LogP contribution >= 0.6 is 15.9 Å². The molecule has 0 saturated heterocycles. The van der Waals surface area contributed by atoms with Gasteiger partial charge < -0.3 is 0 Å². The Balaban J connectivity index is 2.49. The van der Waals surface area contributed by atoms with Gasteiger partial charge in [-0.15, -0.1) is 0 Å². The lowest BCUT2D eigenvalue weighted by Crippen LogP contribution is -2.29. The van der Waals surface area contributed by atoms with Crippen molar-refractivity contribution in [2.75, 3.05) is 0 Å². The highest BCUT2D eigenvalue weighted by Crippen LogP contribution is 2.26. The highest BCUT2D eigenvalue weighted by atomic mass is 79.9. The number of nitrogens with one attached hydrogen (secondary N) is 1. The molecule has 0 heterocycles. The first-order valence-corrected chi connectivity index (χ1v) is 6.79. The minimum atomic E-state index is -0.283. The monoisotopic (exact) mass is 322 g/mol. The van der Waals surface area contributed by atoms with Crippen LogP contribution in [0.15, 0.2) is 40.9 Å². The van der Waals surface area contributed by atoms with Crippen LogP contribution in [-0.4, -0.2) is 0 Å². The van der Waals surface area contributed by atoms with Crippen LogP contribution in [0.4, 0.5) is 4.39 Å². The first-order chi connectivity index (χ1) is 8.99. The van der Waals surface area contributed by atoms with Crippen LogP contribution in [0.1, 0.15) is 28.3 Å². The summed E-state index contributed by atoms with van der Waals surface area (Å²) in [4.78, 5) is 0. The lowest BCUT2D eigenvalue weighted by molar-refractivity contribution is 0.604. The molecule has 1 atom stereocenters. The van der Waals surface area contributed by atoms with Gasteiger partial charge in [0.1, 0.15) is 5.82 Å². The number of benzene rings is 2. The molecule has 100 valence electrons. The Bertz CT molecular complexity index is 507. The molecular weight excluding hydrogens is 307 g/mol. The molecular formula is C15H16BrFN2. The van der Waals surface area contributed by atoms with Crippen molar-refractivity contribution in [2.24, 2.45) is 5.84 Å². The Labute approximate surface area is 120 Å². The van der Waals surface area contributed by atoms with E-state index in [-0.39, 0.29) is 11.9 Å². The van der Waals surface area contributed by atoms with Crippen LogP contribution in [-0.2, 0) is 0 Å². The van der Waals surface area contributed by atoms with E-state index in [1.54, 1.807) is 0 Å². The zero-order valence-electron chi connectivity index (χ0n) is 10.9. The molecule has 0 saturated carbocycles. The number of hydrogen-bond donors (Lipinski definition) is 2. The highest BCUT2D eigenvalue weighted by molar-refractivity contribution is 9.10. The third kappa shape index (κ3) is 3.41. The average molecular weight is 323 g/mol. The summed E-state index contributed by atoms with van der Waals surface area (Å²) in [5, 5.41) is 0. The van der Waals surface area contributed by atoms with Crippen molar-refractivity contribution in [1.29, 1.82) is 0 Å². The van der Waals surface area contributed by atoms with Crippen molar-refractivity contribution < 1.29 is 4.39 Å². The zero-order chi connectivity index (χ0) is 14.0. The van der Waals surface area contributed by atoms with Gasteiger partial charge in [0.2, 0.25) is 0 Å². The van der Waals surface area contributed by atoms with E-state index in [2.05, 4.69) is 39.6 Å². The molecule has 0 bridgehead atoms. The lowest BCUT2D eigenvalue weighted by atomic mass is 9.96. The first kappa shape index (κ1) is 14.2. The lowest BCUT2D eigenvalue weighted by Gasteiger charge is -2.18. The molecule has 0 aliphatic heterocycles. The van der Waals surface area contributed by atoms with Gasteiger partial charge in [-0.05, 0) is 43.2 Å². The van der Waals surface area contributed by atoms with Gasteiger partial charge in [0.25, 0.3) is 0 Å². The maximum atomic E-state index is 13.5. The molecule has 0 radical (unpaired) electrons. The van der Waals surface area contributed by atoms with Crippen molar-refractivity contribution >= 4 is 15.9 Å². The molecule has 2 aromatic carbocycles. The third-order valence-electron chi connectivity index (χ3n) is 2.96. The predicted molar refractivity (Wildman–Crippen MR) is 79.2 cm³/mol. The van der Waals surface area contributed by atoms with E-state index in [4.69, 9.17) is 5.84 Å². The smallest absolute Gasteiger partial charge is 0.124 e. The van der Waals surface area contributed by atoms with Crippen LogP contribution in [0.25, 0.3) is 0 Å². The molecule has 2 rings (SSSR count). The molecule has 3 N–H and O–H groups in total. The SMILES string of the molecule is Cc1cc(C)cc(C(NN)c2cc(F)cc(Br)c2)c1. The molecule has 2 aromatic rings. The van der Waals surface area contributed by atoms with E-state index in [1.807, 2.05) is 19.9 Å². The fraction of sp³-hybridized carbons (Fsp3) is 0.200. The standard InChI is InChI=1S/C15H16BrFN2/c1-9-3-10(2)5-11(4-9)15(19-18)12-6-13(16)8-14(17)7-12/h3-8,15,19H,18H2,1-2H3. The largest absolute Gasteiger partial charge is 0.271 e. The maximum Gasteiger partial charge on any atom is 0.124 e. The molecule has 4 heteroatoms. The summed E-state index contributed by atoms with van der Waals surface area (Å²) in [6.07, 6.45) is 0. The number of halogens is 2. The number of rotatable bonds is 3. The maximum absolute atomic E-state index is 13.5. The molecule has 0 aliphatic carbocycles. The number of hydrogen-bond acceptors (Lipinski definition) is 2. The van der Waals surface area contributed by atoms with Gasteiger partial charge in [0.15, 0.2) is 0 Å². The number of aryl methyl sites for hydroxylation is 2. The van der Waals surface area contributed by atoms with Gasteiger partial charge in [-0.1, -0.05) is 45.3 Å². The molecule has 0 spiro atoms. The van der Waals surface area contributed by atoms with E-state index in [9.17, 15) is 4.39 Å². The number of nitrogens with two attached hydrogens (primary N) is 1. The van der Waals surface area contributed by atoms with Gasteiger partial charge >= 0.3 is 0 Å². The van der Waals surface area contributed by atoms with Gasteiger partial charge in [-0.3, -0.25) is 5.84 Å². The topological polar surface area (TPSA) is 38.0 Å². The Morgan fingerprint density at radius 1 is 1.00 bits per heavy atom. The third-order valence-corrected chi connectivity index (χ3v) is 3.42. The van der Waals surface area contributed by atoms with E-state index >= 15 is 0 Å². The normalized spacial score (nSPS) is 12.5. The van der Waals surface area contributed by atoms with Crippen LogP contribution in [0.2, 0.25) is 0 Å². The summed E-state index contributed by atoms with van der Waals surface area (Å²) >= 11 is 3.30. The predicted octanol–water partition coefficient (Wildman–Crippen LogP) is 3.76. The van der Waals surface area contributed by atoms with Crippen LogP contribution in [0.3, 0.4) is 0 Å². The molecule has 0 amide bonds. The van der Waals surface area contributed by atoms with E-state index < -0.39 is 0 Å². The van der Waals surface area contributed by atoms with Crippen LogP contribution < -0.4 is 11.3 Å². The van der Waals surface area contributed by atoms with E-state index in [1.165, 1.54) is 12.1 Å². The summed E-state index contributed by atoms with van der Waals surface area (Å²) in [6.45, 7) is 4.07. The Kier molecular flexibility index (Phi) is 4.34. The molecule has 1 unspecified atom stereocenters. The van der Waals surface area contributed by atoms with Crippen molar-refractivity contribution in [2.45, 2.75) is 19.9 Å². The van der Waals surface area contributed by atoms with Crippen LogP contribution in [0, 0.1) is 19.7 Å². The molecule has 0 aliphatic rings. The van der Waals surface area contributed by atoms with Crippen molar-refractivity contribution in [3.8, 4) is 0 Å². The van der Waals surface area contributed by atoms with Crippen molar-refractivity contribution in [1.82, 2.24) is 5.43 Å². The van der Waals surface area contributed by atoms with Crippen LogP contribution in [0.5, 0.6) is 0 Å². The summed E-state index contributed by atoms with van der Waals surface area (Å²) in [5.74, 6) is 5.37. The summed E-state index contributed by atoms with van der Waals surface area (Å²) in [5.41, 5.74) is 6.89. The quantitative estimate of drug-likeness (QED) is 0.667. The van der Waals surface area contributed by atoms with Gasteiger partial charge in [-0.2, -0.15) is 0 Å². The molecule has 2 nitrogen and oxygen atoms in total. The Morgan fingerprint density at radius 3 is 2.11 bits per heavy atom. The van der Waals surface area contributed by atoms with Gasteiger partial charge in [0.05, 0.1) is 6.04 Å². The molecule has 19 heavy (non-hydrogen) atoms. The minimum absolute atomic E-state index is 0.231. The van der Waals surface area contributed by atoms with E-state index in [0.717, 1.165) is 22.3 Å². The highest BCUT2D eigenvalue weighted by Gasteiger charge is 2.14. The first-order valence-electron chi connectivity index (χ1n) is 6.00. The summed E-state index contributed by atoms with van der Waals surface area (Å²) in [7, 11) is 0. The van der Waals surface area contributed by atoms with Crippen molar-refractivity contribution in [3.63, 3.8) is 0 Å². The minimum Gasteiger partial charge on any atom is -0.271 e. The van der Waals surface area contributed by atoms with Gasteiger partial charge in [0, 0.05) is 4.47 Å². The zero-order valence-corrected chi connectivity index (χ0v) is 12.5. The fourth-order valence-corrected chi connectivity index (χ4v) is 2.79. The fourth-order valence-electron chi connectivity index (χ4n) is 2.30. The Hall–Kier alpha value is -1.23. The molecule has 0 fully saturated rings. The Morgan fingerprint density at radius 2 is 1.58 bits per heavy atom. The van der Waals surface area contributed by atoms with E-state index in [0.29, 0.717) is 4.47 Å². The average Bonchev–Trinajstić information content (AvgIpc) is 2.27.